The lowest BCUT2D eigenvalue weighted by molar-refractivity contribution is 0.0907. The molecule has 0 aliphatic rings. The molecule has 0 bridgehead atoms. The third-order valence-corrected chi connectivity index (χ3v) is 4.17. The zero-order chi connectivity index (χ0) is 11.8. The molecule has 1 aromatic rings. The van der Waals surface area contributed by atoms with Crippen LogP contribution >= 0.6 is 31.9 Å². The quantitative estimate of drug-likeness (QED) is 0.644. The average Bonchev–Trinajstić information content (AvgIpc) is 2.30. The molecule has 1 rings (SSSR count). The van der Waals surface area contributed by atoms with Crippen LogP contribution < -0.4 is 0 Å². The van der Waals surface area contributed by atoms with Gasteiger partial charge in [0.15, 0.2) is 0 Å². The highest BCUT2D eigenvalue weighted by Gasteiger charge is 2.06. The second-order valence-corrected chi connectivity index (χ2v) is 5.42. The van der Waals surface area contributed by atoms with Gasteiger partial charge in [-0.3, -0.25) is 0 Å². The van der Waals surface area contributed by atoms with Gasteiger partial charge < -0.3 is 4.74 Å². The molecule has 1 atom stereocenters. The van der Waals surface area contributed by atoms with Crippen LogP contribution in [0.4, 0.5) is 0 Å². The predicted molar refractivity (Wildman–Crippen MR) is 76.0 cm³/mol. The molecular weight excluding hydrogens is 332 g/mol. The standard InChI is InChI=1S/C13H18Br2O/c1-2-5-11(8-14)9-16-10-12-6-3-4-7-13(12)15/h3-4,6-7,11H,2,5,8-10H2,1H3. The molecule has 0 saturated heterocycles. The zero-order valence-electron chi connectivity index (χ0n) is 9.59. The van der Waals surface area contributed by atoms with Gasteiger partial charge in [0.25, 0.3) is 0 Å². The van der Waals surface area contributed by atoms with Crippen LogP contribution in [0.5, 0.6) is 0 Å². The highest BCUT2D eigenvalue weighted by Crippen LogP contribution is 2.17. The number of rotatable bonds is 7. The van der Waals surface area contributed by atoms with Gasteiger partial charge in [0, 0.05) is 9.80 Å². The van der Waals surface area contributed by atoms with Gasteiger partial charge in [-0.1, -0.05) is 63.4 Å². The van der Waals surface area contributed by atoms with Crippen molar-refractivity contribution in [3.63, 3.8) is 0 Å². The van der Waals surface area contributed by atoms with Crippen LogP contribution in [0.2, 0.25) is 0 Å². The van der Waals surface area contributed by atoms with E-state index in [1.54, 1.807) is 0 Å². The van der Waals surface area contributed by atoms with Gasteiger partial charge in [0.1, 0.15) is 0 Å². The van der Waals surface area contributed by atoms with Crippen molar-refractivity contribution < 1.29 is 4.74 Å². The Morgan fingerprint density at radius 1 is 1.31 bits per heavy atom. The first-order valence-electron chi connectivity index (χ1n) is 5.65. The molecule has 3 heteroatoms. The number of ether oxygens (including phenoxy) is 1. The van der Waals surface area contributed by atoms with E-state index >= 15 is 0 Å². The SMILES string of the molecule is CCCC(CBr)COCc1ccccc1Br. The summed E-state index contributed by atoms with van der Waals surface area (Å²) < 4.78 is 6.87. The average molecular weight is 350 g/mol. The normalized spacial score (nSPS) is 12.7. The Morgan fingerprint density at radius 2 is 2.06 bits per heavy atom. The van der Waals surface area contributed by atoms with Crippen LogP contribution in [0, 0.1) is 5.92 Å². The summed E-state index contributed by atoms with van der Waals surface area (Å²) in [4.78, 5) is 0. The molecule has 0 spiro atoms. The van der Waals surface area contributed by atoms with E-state index in [-0.39, 0.29) is 0 Å². The molecule has 0 amide bonds. The number of alkyl halides is 1. The van der Waals surface area contributed by atoms with E-state index in [1.165, 1.54) is 18.4 Å². The van der Waals surface area contributed by atoms with Crippen molar-refractivity contribution in [1.82, 2.24) is 0 Å². The highest BCUT2D eigenvalue weighted by molar-refractivity contribution is 9.10. The van der Waals surface area contributed by atoms with Gasteiger partial charge >= 0.3 is 0 Å². The summed E-state index contributed by atoms with van der Waals surface area (Å²) >= 11 is 7.05. The predicted octanol–water partition coefficient (Wildman–Crippen LogP) is 4.78. The molecular formula is C13H18Br2O. The fourth-order valence-electron chi connectivity index (χ4n) is 1.56. The van der Waals surface area contributed by atoms with Gasteiger partial charge in [-0.25, -0.2) is 0 Å². The monoisotopic (exact) mass is 348 g/mol. The summed E-state index contributed by atoms with van der Waals surface area (Å²) in [5.74, 6) is 0.632. The minimum absolute atomic E-state index is 0.632. The summed E-state index contributed by atoms with van der Waals surface area (Å²) in [7, 11) is 0. The fraction of sp³-hybridized carbons (Fsp3) is 0.538. The first-order valence-corrected chi connectivity index (χ1v) is 7.56. The largest absolute Gasteiger partial charge is 0.376 e. The lowest BCUT2D eigenvalue weighted by atomic mass is 10.1. The van der Waals surface area contributed by atoms with E-state index in [2.05, 4.69) is 44.8 Å². The lowest BCUT2D eigenvalue weighted by Crippen LogP contribution is -2.11. The first kappa shape index (κ1) is 14.2. The Bertz CT molecular complexity index is 302. The van der Waals surface area contributed by atoms with Crippen molar-refractivity contribution in [1.29, 1.82) is 0 Å². The maximum atomic E-state index is 5.75. The van der Waals surface area contributed by atoms with E-state index in [0.29, 0.717) is 12.5 Å². The summed E-state index contributed by atoms with van der Waals surface area (Å²) in [6.45, 7) is 3.73. The van der Waals surface area contributed by atoms with Gasteiger partial charge in [-0.15, -0.1) is 0 Å². The summed E-state index contributed by atoms with van der Waals surface area (Å²) in [5, 5.41) is 1.02. The molecule has 1 nitrogen and oxygen atoms in total. The smallest absolute Gasteiger partial charge is 0.0727 e. The van der Waals surface area contributed by atoms with Crippen LogP contribution in [0.15, 0.2) is 28.7 Å². The molecule has 0 heterocycles. The molecule has 0 saturated carbocycles. The van der Waals surface area contributed by atoms with Crippen LogP contribution in [-0.4, -0.2) is 11.9 Å². The molecule has 0 N–H and O–H groups in total. The van der Waals surface area contributed by atoms with Crippen LogP contribution in [0.1, 0.15) is 25.3 Å². The molecule has 1 unspecified atom stereocenters. The third-order valence-electron chi connectivity index (χ3n) is 2.48. The van der Waals surface area contributed by atoms with Crippen LogP contribution in [0.25, 0.3) is 0 Å². The maximum Gasteiger partial charge on any atom is 0.0727 e. The van der Waals surface area contributed by atoms with Crippen molar-refractivity contribution in [2.75, 3.05) is 11.9 Å². The Morgan fingerprint density at radius 3 is 2.69 bits per heavy atom. The molecule has 0 radical (unpaired) electrons. The number of benzene rings is 1. The zero-order valence-corrected chi connectivity index (χ0v) is 12.8. The Hall–Kier alpha value is 0.140. The molecule has 0 aliphatic heterocycles. The van der Waals surface area contributed by atoms with E-state index in [1.807, 2.05) is 18.2 Å². The van der Waals surface area contributed by atoms with Gasteiger partial charge in [0.2, 0.25) is 0 Å². The minimum Gasteiger partial charge on any atom is -0.376 e. The van der Waals surface area contributed by atoms with E-state index in [4.69, 9.17) is 4.74 Å². The summed E-state index contributed by atoms with van der Waals surface area (Å²) in [6, 6.07) is 8.20. The molecule has 16 heavy (non-hydrogen) atoms. The van der Waals surface area contributed by atoms with Crippen molar-refractivity contribution in [3.05, 3.63) is 34.3 Å². The van der Waals surface area contributed by atoms with Gasteiger partial charge in [-0.2, -0.15) is 0 Å². The van der Waals surface area contributed by atoms with Crippen LogP contribution in [-0.2, 0) is 11.3 Å². The van der Waals surface area contributed by atoms with Gasteiger partial charge in [0.05, 0.1) is 13.2 Å². The second-order valence-electron chi connectivity index (χ2n) is 3.92. The first-order chi connectivity index (χ1) is 7.77. The maximum absolute atomic E-state index is 5.75. The molecule has 1 aromatic carbocycles. The summed E-state index contributed by atoms with van der Waals surface area (Å²) in [5.41, 5.74) is 1.22. The second kappa shape index (κ2) is 8.26. The molecule has 90 valence electrons. The van der Waals surface area contributed by atoms with Crippen molar-refractivity contribution in [2.24, 2.45) is 5.92 Å². The Labute approximate surface area is 115 Å². The van der Waals surface area contributed by atoms with Crippen molar-refractivity contribution in [2.45, 2.75) is 26.4 Å². The Kier molecular flexibility index (Phi) is 7.33. The topological polar surface area (TPSA) is 9.23 Å². The summed E-state index contributed by atoms with van der Waals surface area (Å²) in [6.07, 6.45) is 2.44. The number of hydrogen-bond acceptors (Lipinski definition) is 1. The highest BCUT2D eigenvalue weighted by atomic mass is 79.9. The fourth-order valence-corrected chi connectivity index (χ4v) is 2.47. The number of hydrogen-bond donors (Lipinski definition) is 0. The van der Waals surface area contributed by atoms with Gasteiger partial charge in [-0.05, 0) is 24.0 Å². The van der Waals surface area contributed by atoms with E-state index in [0.717, 1.165) is 16.4 Å². The number of halogens is 2. The van der Waals surface area contributed by atoms with E-state index in [9.17, 15) is 0 Å². The molecule has 0 aliphatic carbocycles. The van der Waals surface area contributed by atoms with Crippen LogP contribution in [0.3, 0.4) is 0 Å². The third kappa shape index (κ3) is 4.98. The minimum atomic E-state index is 0.632. The Balaban J connectivity index is 2.32. The molecule has 0 fully saturated rings. The van der Waals surface area contributed by atoms with E-state index < -0.39 is 0 Å². The molecule has 0 aromatic heterocycles. The lowest BCUT2D eigenvalue weighted by Gasteiger charge is -2.13. The van der Waals surface area contributed by atoms with Crippen molar-refractivity contribution >= 4 is 31.9 Å². The van der Waals surface area contributed by atoms with Crippen molar-refractivity contribution in [3.8, 4) is 0 Å².